The Balaban J connectivity index is 1.86. The van der Waals surface area contributed by atoms with Crippen LogP contribution in [0.3, 0.4) is 0 Å². The maximum Gasteiger partial charge on any atom is 0.249 e. The molecule has 0 unspecified atom stereocenters. The first-order valence-electron chi connectivity index (χ1n) is 8.57. The third-order valence-electron chi connectivity index (χ3n) is 4.05. The van der Waals surface area contributed by atoms with Gasteiger partial charge in [-0.2, -0.15) is 0 Å². The summed E-state index contributed by atoms with van der Waals surface area (Å²) in [5.74, 6) is 0.350. The van der Waals surface area contributed by atoms with E-state index in [0.29, 0.717) is 34.8 Å². The van der Waals surface area contributed by atoms with Gasteiger partial charge in [-0.3, -0.25) is 9.78 Å². The number of pyridine rings is 1. The molecular formula is C22H20N2O4. The van der Waals surface area contributed by atoms with E-state index in [-0.39, 0.29) is 5.75 Å². The maximum atomic E-state index is 12.0. The van der Waals surface area contributed by atoms with Crippen LogP contribution in [0.5, 0.6) is 17.2 Å². The molecule has 3 aromatic rings. The number of benzene rings is 2. The number of rotatable bonds is 7. The summed E-state index contributed by atoms with van der Waals surface area (Å²) in [6, 6.07) is 15.7. The molecule has 0 fully saturated rings. The number of nitrogens with zero attached hydrogens (tertiary/aromatic N) is 1. The first-order valence-corrected chi connectivity index (χ1v) is 8.57. The Kier molecular flexibility index (Phi) is 5.91. The first-order chi connectivity index (χ1) is 13.6. The van der Waals surface area contributed by atoms with Crippen LogP contribution in [0, 0.1) is 0 Å². The third-order valence-corrected chi connectivity index (χ3v) is 4.05. The van der Waals surface area contributed by atoms with E-state index in [1.165, 1.54) is 13.2 Å². The van der Waals surface area contributed by atoms with Crippen molar-refractivity contribution in [3.05, 3.63) is 83.7 Å². The van der Waals surface area contributed by atoms with Crippen molar-refractivity contribution < 1.29 is 19.4 Å². The molecule has 142 valence electrons. The van der Waals surface area contributed by atoms with Gasteiger partial charge >= 0.3 is 0 Å². The van der Waals surface area contributed by atoms with Crippen molar-refractivity contribution in [1.82, 2.24) is 4.98 Å². The lowest BCUT2D eigenvalue weighted by Gasteiger charge is -2.10. The summed E-state index contributed by atoms with van der Waals surface area (Å²) in [5, 5.41) is 9.94. The number of aromatic hydroxyl groups is 1. The van der Waals surface area contributed by atoms with Crippen LogP contribution in [0.15, 0.2) is 67.0 Å². The number of primary amides is 1. The molecule has 1 aromatic heterocycles. The van der Waals surface area contributed by atoms with Crippen LogP contribution in [0.1, 0.15) is 16.7 Å². The van der Waals surface area contributed by atoms with E-state index in [4.69, 9.17) is 15.2 Å². The van der Waals surface area contributed by atoms with E-state index in [2.05, 4.69) is 4.98 Å². The molecule has 0 aliphatic heterocycles. The van der Waals surface area contributed by atoms with Crippen molar-refractivity contribution in [3.63, 3.8) is 0 Å². The second-order valence-electron chi connectivity index (χ2n) is 6.03. The highest BCUT2D eigenvalue weighted by Gasteiger charge is 2.11. The number of aromatic nitrogens is 1. The number of phenolic OH excluding ortho intramolecular Hbond substituents is 1. The van der Waals surface area contributed by atoms with Crippen molar-refractivity contribution >= 4 is 17.6 Å². The Morgan fingerprint density at radius 1 is 1.18 bits per heavy atom. The van der Waals surface area contributed by atoms with E-state index < -0.39 is 5.91 Å². The van der Waals surface area contributed by atoms with Gasteiger partial charge in [0.15, 0.2) is 11.5 Å². The van der Waals surface area contributed by atoms with Gasteiger partial charge < -0.3 is 20.3 Å². The molecule has 6 nitrogen and oxygen atoms in total. The number of hydrogen-bond acceptors (Lipinski definition) is 5. The fourth-order valence-electron chi connectivity index (χ4n) is 2.66. The van der Waals surface area contributed by atoms with E-state index in [1.807, 2.05) is 12.1 Å². The fraction of sp³-hybridized carbons (Fsp3) is 0.0909. The lowest BCUT2D eigenvalue weighted by atomic mass is 10.0. The van der Waals surface area contributed by atoms with E-state index in [9.17, 15) is 9.90 Å². The number of hydrogen-bond donors (Lipinski definition) is 2. The zero-order chi connectivity index (χ0) is 19.9. The second-order valence-corrected chi connectivity index (χ2v) is 6.03. The molecule has 0 saturated carbocycles. The number of amides is 1. The second kappa shape index (κ2) is 8.73. The van der Waals surface area contributed by atoms with Gasteiger partial charge in [0.25, 0.3) is 0 Å². The summed E-state index contributed by atoms with van der Waals surface area (Å²) in [6.45, 7) is 0.360. The number of phenols is 1. The number of ether oxygens (including phenoxy) is 2. The maximum absolute atomic E-state index is 12.0. The van der Waals surface area contributed by atoms with Crippen molar-refractivity contribution in [1.29, 1.82) is 0 Å². The number of methoxy groups -OCH3 is 1. The first kappa shape index (κ1) is 19.0. The minimum atomic E-state index is -0.584. The van der Waals surface area contributed by atoms with Crippen LogP contribution >= 0.6 is 0 Å². The number of carbonyl (C=O) groups is 1. The fourth-order valence-corrected chi connectivity index (χ4v) is 2.66. The van der Waals surface area contributed by atoms with Crippen LogP contribution in [0.2, 0.25) is 0 Å². The van der Waals surface area contributed by atoms with Gasteiger partial charge in [-0.15, -0.1) is 0 Å². The Morgan fingerprint density at radius 2 is 2.04 bits per heavy atom. The Labute approximate surface area is 162 Å². The highest BCUT2D eigenvalue weighted by atomic mass is 16.5. The molecule has 6 heteroatoms. The molecule has 0 spiro atoms. The quantitative estimate of drug-likeness (QED) is 0.487. The van der Waals surface area contributed by atoms with Crippen molar-refractivity contribution in [2.45, 2.75) is 6.61 Å². The summed E-state index contributed by atoms with van der Waals surface area (Å²) in [5.41, 5.74) is 8.06. The number of carbonyl (C=O) groups excluding carboxylic acids is 1. The highest BCUT2D eigenvalue weighted by molar-refractivity contribution is 6.23. The molecule has 0 bridgehead atoms. The van der Waals surface area contributed by atoms with Gasteiger partial charge in [-0.1, -0.05) is 24.3 Å². The average Bonchev–Trinajstić information content (AvgIpc) is 2.71. The smallest absolute Gasteiger partial charge is 0.249 e. The van der Waals surface area contributed by atoms with Gasteiger partial charge in [0, 0.05) is 23.5 Å². The third kappa shape index (κ3) is 4.67. The molecule has 1 amide bonds. The molecular weight excluding hydrogens is 356 g/mol. The summed E-state index contributed by atoms with van der Waals surface area (Å²) >= 11 is 0. The molecule has 28 heavy (non-hydrogen) atoms. The van der Waals surface area contributed by atoms with Crippen molar-refractivity contribution in [2.75, 3.05) is 7.11 Å². The van der Waals surface area contributed by atoms with Gasteiger partial charge in [0.2, 0.25) is 5.91 Å². The zero-order valence-electron chi connectivity index (χ0n) is 15.3. The minimum Gasteiger partial charge on any atom is -0.504 e. The summed E-state index contributed by atoms with van der Waals surface area (Å²) in [4.78, 5) is 16.1. The molecule has 1 heterocycles. The van der Waals surface area contributed by atoms with Crippen molar-refractivity contribution in [3.8, 4) is 17.2 Å². The lowest BCUT2D eigenvalue weighted by molar-refractivity contribution is -0.112. The zero-order valence-corrected chi connectivity index (χ0v) is 15.3. The Bertz CT molecular complexity index is 1000. The lowest BCUT2D eigenvalue weighted by Crippen LogP contribution is -2.13. The van der Waals surface area contributed by atoms with E-state index in [0.717, 1.165) is 5.56 Å². The van der Waals surface area contributed by atoms with Gasteiger partial charge in [-0.05, 0) is 47.5 Å². The van der Waals surface area contributed by atoms with Crippen LogP contribution in [-0.4, -0.2) is 23.1 Å². The minimum absolute atomic E-state index is 0.0198. The predicted molar refractivity (Wildman–Crippen MR) is 107 cm³/mol. The Hall–Kier alpha value is -3.80. The molecule has 3 rings (SSSR count). The van der Waals surface area contributed by atoms with Crippen LogP contribution in [-0.2, 0) is 11.4 Å². The molecule has 0 saturated heterocycles. The van der Waals surface area contributed by atoms with Crippen LogP contribution in [0.25, 0.3) is 11.6 Å². The topological polar surface area (TPSA) is 94.7 Å². The molecule has 2 aromatic carbocycles. The van der Waals surface area contributed by atoms with E-state index >= 15 is 0 Å². The standard InChI is InChI=1S/C22H20N2O4/c1-27-21-8-7-15(11-20(21)25)10-19(22(23)26)17-5-2-6-18(12-17)28-14-16-4-3-9-24-13-16/h2-13,25H,14H2,1H3,(H2,23,26)/b19-10+. The molecule has 0 atom stereocenters. The van der Waals surface area contributed by atoms with E-state index in [1.54, 1.807) is 54.9 Å². The monoisotopic (exact) mass is 376 g/mol. The van der Waals surface area contributed by atoms with Crippen LogP contribution < -0.4 is 15.2 Å². The van der Waals surface area contributed by atoms with Gasteiger partial charge in [-0.25, -0.2) is 0 Å². The van der Waals surface area contributed by atoms with Gasteiger partial charge in [0.05, 0.1) is 7.11 Å². The molecule has 3 N–H and O–H groups in total. The number of nitrogens with two attached hydrogens (primary N) is 1. The average molecular weight is 376 g/mol. The van der Waals surface area contributed by atoms with Crippen molar-refractivity contribution in [2.24, 2.45) is 5.73 Å². The predicted octanol–water partition coefficient (Wildman–Crippen LogP) is 3.40. The molecule has 0 radical (unpaired) electrons. The highest BCUT2D eigenvalue weighted by Crippen LogP contribution is 2.29. The summed E-state index contributed by atoms with van der Waals surface area (Å²) < 4.78 is 10.8. The molecule has 0 aliphatic carbocycles. The SMILES string of the molecule is COc1ccc(/C=C(/C(N)=O)c2cccc(OCc3cccnc3)c2)cc1O. The summed E-state index contributed by atoms with van der Waals surface area (Å²) in [7, 11) is 1.47. The summed E-state index contributed by atoms with van der Waals surface area (Å²) in [6.07, 6.45) is 5.04. The normalized spacial score (nSPS) is 11.1. The molecule has 0 aliphatic rings. The van der Waals surface area contributed by atoms with Gasteiger partial charge in [0.1, 0.15) is 12.4 Å². The largest absolute Gasteiger partial charge is 0.504 e. The Morgan fingerprint density at radius 3 is 2.71 bits per heavy atom. The van der Waals surface area contributed by atoms with Crippen LogP contribution in [0.4, 0.5) is 0 Å².